The normalized spacial score (nSPS) is 16.9. The fraction of sp³-hybridized carbons (Fsp3) is 1.00. The first-order valence-electron chi connectivity index (χ1n) is 4.32. The van der Waals surface area contributed by atoms with Crippen LogP contribution in [0.2, 0.25) is 0 Å². The summed E-state index contributed by atoms with van der Waals surface area (Å²) >= 11 is 0. The van der Waals surface area contributed by atoms with Crippen LogP contribution in [0.4, 0.5) is 0 Å². The van der Waals surface area contributed by atoms with Gasteiger partial charge in [0, 0.05) is 6.61 Å². The Labute approximate surface area is 69.6 Å². The molecule has 0 aromatic carbocycles. The van der Waals surface area contributed by atoms with E-state index in [4.69, 9.17) is 4.74 Å². The molecule has 1 N–H and O–H groups in total. The summed E-state index contributed by atoms with van der Waals surface area (Å²) in [5.74, 6) is 0. The molecule has 0 aliphatic carbocycles. The minimum absolute atomic E-state index is 0.266. The minimum Gasteiger partial charge on any atom is -0.390 e. The lowest BCUT2D eigenvalue weighted by Crippen LogP contribution is -2.25. The summed E-state index contributed by atoms with van der Waals surface area (Å²) in [4.78, 5) is 0. The number of aliphatic hydroxyl groups is 1. The van der Waals surface area contributed by atoms with Crippen LogP contribution in [0.25, 0.3) is 0 Å². The van der Waals surface area contributed by atoms with Crippen LogP contribution < -0.4 is 0 Å². The Hall–Kier alpha value is -0.0800. The molecule has 11 heavy (non-hydrogen) atoms. The zero-order valence-electron chi connectivity index (χ0n) is 8.05. The van der Waals surface area contributed by atoms with E-state index in [1.54, 1.807) is 0 Å². The van der Waals surface area contributed by atoms with E-state index in [2.05, 4.69) is 0 Å². The van der Waals surface area contributed by atoms with Gasteiger partial charge in [-0.15, -0.1) is 0 Å². The SMILES string of the molecule is CCC(C)(O)CCOC(C)C. The Bertz CT molecular complexity index is 97.7. The van der Waals surface area contributed by atoms with Gasteiger partial charge in [0.25, 0.3) is 0 Å². The van der Waals surface area contributed by atoms with E-state index in [-0.39, 0.29) is 6.10 Å². The van der Waals surface area contributed by atoms with Gasteiger partial charge in [0.2, 0.25) is 0 Å². The van der Waals surface area contributed by atoms with E-state index >= 15 is 0 Å². The molecule has 0 aliphatic heterocycles. The average Bonchev–Trinajstić information content (AvgIpc) is 1.87. The fourth-order valence-electron chi connectivity index (χ4n) is 0.691. The third-order valence-corrected chi connectivity index (χ3v) is 1.85. The van der Waals surface area contributed by atoms with E-state index < -0.39 is 5.60 Å². The van der Waals surface area contributed by atoms with Gasteiger partial charge >= 0.3 is 0 Å². The molecule has 0 bridgehead atoms. The highest BCUT2D eigenvalue weighted by atomic mass is 16.5. The van der Waals surface area contributed by atoms with Crippen molar-refractivity contribution in [2.45, 2.75) is 52.2 Å². The van der Waals surface area contributed by atoms with Gasteiger partial charge in [0.1, 0.15) is 0 Å². The summed E-state index contributed by atoms with van der Waals surface area (Å²) in [5.41, 5.74) is -0.547. The molecule has 68 valence electrons. The third-order valence-electron chi connectivity index (χ3n) is 1.85. The monoisotopic (exact) mass is 160 g/mol. The molecule has 0 saturated carbocycles. The molecule has 0 radical (unpaired) electrons. The van der Waals surface area contributed by atoms with E-state index in [0.29, 0.717) is 6.61 Å². The maximum absolute atomic E-state index is 9.56. The molecule has 1 unspecified atom stereocenters. The van der Waals surface area contributed by atoms with Gasteiger partial charge < -0.3 is 9.84 Å². The van der Waals surface area contributed by atoms with Gasteiger partial charge in [-0.05, 0) is 33.6 Å². The molecule has 0 aromatic rings. The molecule has 0 amide bonds. The smallest absolute Gasteiger partial charge is 0.0639 e. The number of hydrogen-bond acceptors (Lipinski definition) is 2. The summed E-state index contributed by atoms with van der Waals surface area (Å²) in [5, 5.41) is 9.56. The molecule has 1 atom stereocenters. The van der Waals surface area contributed by atoms with E-state index in [1.807, 2.05) is 27.7 Å². The Morgan fingerprint density at radius 1 is 1.45 bits per heavy atom. The maximum atomic E-state index is 9.56. The van der Waals surface area contributed by atoms with Crippen molar-refractivity contribution in [2.24, 2.45) is 0 Å². The molecule has 0 aliphatic rings. The first kappa shape index (κ1) is 10.9. The molecule has 0 rings (SSSR count). The fourth-order valence-corrected chi connectivity index (χ4v) is 0.691. The minimum atomic E-state index is -0.547. The van der Waals surface area contributed by atoms with Crippen LogP contribution >= 0.6 is 0 Å². The highest BCUT2D eigenvalue weighted by molar-refractivity contribution is 4.69. The predicted molar refractivity (Wildman–Crippen MR) is 46.6 cm³/mol. The van der Waals surface area contributed by atoms with Crippen molar-refractivity contribution in [1.29, 1.82) is 0 Å². The number of rotatable bonds is 5. The Morgan fingerprint density at radius 3 is 2.36 bits per heavy atom. The molecule has 2 heteroatoms. The van der Waals surface area contributed by atoms with Gasteiger partial charge in [0.05, 0.1) is 11.7 Å². The summed E-state index contributed by atoms with van der Waals surface area (Å²) in [6, 6.07) is 0. The Kier molecular flexibility index (Phi) is 4.69. The van der Waals surface area contributed by atoms with Crippen LogP contribution in [0.3, 0.4) is 0 Å². The van der Waals surface area contributed by atoms with Crippen LogP contribution in [0.15, 0.2) is 0 Å². The lowest BCUT2D eigenvalue weighted by atomic mass is 10.0. The van der Waals surface area contributed by atoms with Crippen LogP contribution in [0.1, 0.15) is 40.5 Å². The van der Waals surface area contributed by atoms with Crippen molar-refractivity contribution in [2.75, 3.05) is 6.61 Å². The van der Waals surface area contributed by atoms with Crippen molar-refractivity contribution >= 4 is 0 Å². The second kappa shape index (κ2) is 4.73. The highest BCUT2D eigenvalue weighted by Gasteiger charge is 2.16. The second-order valence-electron chi connectivity index (χ2n) is 3.52. The quantitative estimate of drug-likeness (QED) is 0.666. The predicted octanol–water partition coefficient (Wildman–Crippen LogP) is 1.96. The molecular weight excluding hydrogens is 140 g/mol. The second-order valence-corrected chi connectivity index (χ2v) is 3.52. The highest BCUT2D eigenvalue weighted by Crippen LogP contribution is 2.13. The van der Waals surface area contributed by atoms with Crippen LogP contribution in [-0.4, -0.2) is 23.4 Å². The van der Waals surface area contributed by atoms with Crippen molar-refractivity contribution in [3.8, 4) is 0 Å². The first-order valence-corrected chi connectivity index (χ1v) is 4.32. The lowest BCUT2D eigenvalue weighted by Gasteiger charge is -2.21. The van der Waals surface area contributed by atoms with Gasteiger partial charge in [-0.25, -0.2) is 0 Å². The summed E-state index contributed by atoms with van der Waals surface area (Å²) < 4.78 is 5.32. The number of ether oxygens (including phenoxy) is 1. The first-order chi connectivity index (χ1) is 4.98. The van der Waals surface area contributed by atoms with Crippen molar-refractivity contribution in [1.82, 2.24) is 0 Å². The van der Waals surface area contributed by atoms with Crippen LogP contribution in [0.5, 0.6) is 0 Å². The van der Waals surface area contributed by atoms with Gasteiger partial charge in [-0.1, -0.05) is 6.92 Å². The molecular formula is C9H20O2. The topological polar surface area (TPSA) is 29.5 Å². The van der Waals surface area contributed by atoms with Crippen molar-refractivity contribution in [3.63, 3.8) is 0 Å². The summed E-state index contributed by atoms with van der Waals surface area (Å²) in [6.07, 6.45) is 1.78. The van der Waals surface area contributed by atoms with E-state index in [0.717, 1.165) is 12.8 Å². The number of hydrogen-bond donors (Lipinski definition) is 1. The Balaban J connectivity index is 3.38. The largest absolute Gasteiger partial charge is 0.390 e. The van der Waals surface area contributed by atoms with Crippen LogP contribution in [0, 0.1) is 0 Å². The van der Waals surface area contributed by atoms with Crippen LogP contribution in [-0.2, 0) is 4.74 Å². The Morgan fingerprint density at radius 2 is 2.00 bits per heavy atom. The molecule has 0 spiro atoms. The zero-order valence-corrected chi connectivity index (χ0v) is 8.05. The molecule has 0 fully saturated rings. The molecule has 0 heterocycles. The van der Waals surface area contributed by atoms with Crippen molar-refractivity contribution in [3.05, 3.63) is 0 Å². The van der Waals surface area contributed by atoms with Gasteiger partial charge in [0.15, 0.2) is 0 Å². The summed E-state index contributed by atoms with van der Waals surface area (Å²) in [6.45, 7) is 8.48. The van der Waals surface area contributed by atoms with Gasteiger partial charge in [-0.2, -0.15) is 0 Å². The van der Waals surface area contributed by atoms with Gasteiger partial charge in [-0.3, -0.25) is 0 Å². The summed E-state index contributed by atoms with van der Waals surface area (Å²) in [7, 11) is 0. The maximum Gasteiger partial charge on any atom is 0.0639 e. The zero-order chi connectivity index (χ0) is 8.91. The van der Waals surface area contributed by atoms with Crippen molar-refractivity contribution < 1.29 is 9.84 Å². The lowest BCUT2D eigenvalue weighted by molar-refractivity contribution is -0.00344. The third kappa shape index (κ3) is 6.32. The molecule has 0 aromatic heterocycles. The molecule has 0 saturated heterocycles. The molecule has 2 nitrogen and oxygen atoms in total. The standard InChI is InChI=1S/C9H20O2/c1-5-9(4,10)6-7-11-8(2)3/h8,10H,5-7H2,1-4H3. The average molecular weight is 160 g/mol. The van der Waals surface area contributed by atoms with E-state index in [9.17, 15) is 5.11 Å². The van der Waals surface area contributed by atoms with E-state index in [1.165, 1.54) is 0 Å².